The summed E-state index contributed by atoms with van der Waals surface area (Å²) in [5, 5.41) is 16.8. The fraction of sp³-hybridized carbons (Fsp3) is 0.333. The van der Waals surface area contributed by atoms with E-state index in [-0.39, 0.29) is 6.03 Å². The topological polar surface area (TPSA) is 100 Å². The van der Waals surface area contributed by atoms with Crippen molar-refractivity contribution in [1.29, 1.82) is 0 Å². The number of pyridine rings is 1. The number of aromatic nitrogens is 5. The molecule has 1 aliphatic rings. The average Bonchev–Trinajstić information content (AvgIpc) is 2.91. The predicted octanol–water partition coefficient (Wildman–Crippen LogP) is 2.53. The number of nitrogens with one attached hydrogen (secondary N) is 3. The number of H-pyrrole nitrogens is 1. The Morgan fingerprint density at radius 2 is 2.22 bits per heavy atom. The highest BCUT2D eigenvalue weighted by atomic mass is 16.2. The molecule has 4 rings (SSSR count). The van der Waals surface area contributed by atoms with Crippen LogP contribution >= 0.6 is 0 Å². The van der Waals surface area contributed by atoms with Crippen molar-refractivity contribution in [3.05, 3.63) is 35.9 Å². The van der Waals surface area contributed by atoms with Gasteiger partial charge in [0.2, 0.25) is 0 Å². The summed E-state index contributed by atoms with van der Waals surface area (Å²) in [6.07, 6.45) is 2.89. The van der Waals surface area contributed by atoms with Gasteiger partial charge in [-0.25, -0.2) is 14.3 Å². The Hall–Kier alpha value is -2.90. The van der Waals surface area contributed by atoms with Gasteiger partial charge in [0.15, 0.2) is 11.5 Å². The van der Waals surface area contributed by atoms with E-state index in [0.29, 0.717) is 29.2 Å². The van der Waals surface area contributed by atoms with Crippen LogP contribution in [-0.4, -0.2) is 30.8 Å². The number of urea groups is 1. The van der Waals surface area contributed by atoms with Crippen molar-refractivity contribution in [3.63, 3.8) is 0 Å². The van der Waals surface area contributed by atoms with Crippen molar-refractivity contribution < 1.29 is 4.79 Å². The normalized spacial score (nSPS) is 19.7. The Morgan fingerprint density at radius 3 is 3.00 bits per heavy atom. The molecule has 3 aromatic heterocycles. The quantitative estimate of drug-likeness (QED) is 0.692. The number of aryl methyl sites for hydroxylation is 1. The fourth-order valence-electron chi connectivity index (χ4n) is 2.69. The van der Waals surface area contributed by atoms with Gasteiger partial charge in [-0.05, 0) is 31.4 Å². The Morgan fingerprint density at radius 1 is 1.39 bits per heavy atom. The third-order valence-corrected chi connectivity index (χ3v) is 4.04. The first-order valence-electron chi connectivity index (χ1n) is 7.55. The monoisotopic (exact) mass is 311 g/mol. The molecule has 8 heteroatoms. The van der Waals surface area contributed by atoms with Crippen LogP contribution in [0.1, 0.15) is 30.8 Å². The number of nitrogens with zero attached hydrogens (tertiary/aromatic N) is 4. The van der Waals surface area contributed by atoms with Crippen LogP contribution in [0.4, 0.5) is 16.3 Å². The lowest BCUT2D eigenvalue weighted by Crippen LogP contribution is -2.19. The van der Waals surface area contributed by atoms with Crippen LogP contribution < -0.4 is 10.6 Å². The summed E-state index contributed by atoms with van der Waals surface area (Å²) in [5.74, 6) is 2.44. The van der Waals surface area contributed by atoms with Crippen LogP contribution in [-0.2, 0) is 0 Å². The van der Waals surface area contributed by atoms with Crippen LogP contribution in [0, 0.1) is 12.8 Å². The van der Waals surface area contributed by atoms with Gasteiger partial charge in [0.05, 0.1) is 11.9 Å². The molecule has 0 spiro atoms. The summed E-state index contributed by atoms with van der Waals surface area (Å²) < 4.78 is 1.63. The van der Waals surface area contributed by atoms with E-state index in [4.69, 9.17) is 0 Å². The van der Waals surface area contributed by atoms with E-state index in [9.17, 15) is 4.79 Å². The molecule has 1 saturated carbocycles. The Kier molecular flexibility index (Phi) is 3.03. The van der Waals surface area contributed by atoms with Gasteiger partial charge in [0.25, 0.3) is 0 Å². The maximum atomic E-state index is 12.1. The predicted molar refractivity (Wildman–Crippen MR) is 85.5 cm³/mol. The number of aromatic amines is 1. The molecule has 1 aliphatic carbocycles. The summed E-state index contributed by atoms with van der Waals surface area (Å²) >= 11 is 0. The second kappa shape index (κ2) is 5.08. The van der Waals surface area contributed by atoms with E-state index in [2.05, 4.69) is 37.8 Å². The zero-order valence-corrected chi connectivity index (χ0v) is 12.9. The maximum Gasteiger partial charge on any atom is 0.324 e. The number of hydrogen-bond acceptors (Lipinski definition) is 4. The molecular formula is C15H17N7O. The van der Waals surface area contributed by atoms with Crippen molar-refractivity contribution in [1.82, 2.24) is 24.8 Å². The van der Waals surface area contributed by atoms with E-state index in [1.807, 2.05) is 13.0 Å². The van der Waals surface area contributed by atoms with Crippen molar-refractivity contribution in [2.75, 3.05) is 10.6 Å². The van der Waals surface area contributed by atoms with E-state index < -0.39 is 0 Å². The van der Waals surface area contributed by atoms with E-state index in [1.165, 1.54) is 6.42 Å². The lowest BCUT2D eigenvalue weighted by molar-refractivity contribution is 0.262. The number of rotatable bonds is 3. The van der Waals surface area contributed by atoms with E-state index >= 15 is 0 Å². The second-order valence-corrected chi connectivity index (χ2v) is 5.99. The van der Waals surface area contributed by atoms with Crippen LogP contribution in [0.5, 0.6) is 0 Å². The molecular weight excluding hydrogens is 294 g/mol. The van der Waals surface area contributed by atoms with Gasteiger partial charge in [-0.2, -0.15) is 10.2 Å². The highest BCUT2D eigenvalue weighted by Crippen LogP contribution is 2.46. The molecule has 8 nitrogen and oxygen atoms in total. The van der Waals surface area contributed by atoms with Crippen molar-refractivity contribution in [2.45, 2.75) is 26.2 Å². The van der Waals surface area contributed by atoms with Crippen LogP contribution in [0.2, 0.25) is 0 Å². The number of anilines is 2. The molecule has 118 valence electrons. The first-order chi connectivity index (χ1) is 11.1. The van der Waals surface area contributed by atoms with Gasteiger partial charge >= 0.3 is 6.03 Å². The molecule has 0 bridgehead atoms. The van der Waals surface area contributed by atoms with Gasteiger partial charge < -0.3 is 5.32 Å². The van der Waals surface area contributed by atoms with Gasteiger partial charge in [-0.15, -0.1) is 0 Å². The van der Waals surface area contributed by atoms with Crippen LogP contribution in [0.25, 0.3) is 5.65 Å². The SMILES string of the molecule is Cc1nc2ccc(NC(=O)Nc3cc(C4CC4C)[nH]n3)cn2n1. The third kappa shape index (κ3) is 2.75. The lowest BCUT2D eigenvalue weighted by Gasteiger charge is -2.05. The molecule has 0 aromatic carbocycles. The minimum absolute atomic E-state index is 0.344. The molecule has 1 fully saturated rings. The number of amides is 2. The highest BCUT2D eigenvalue weighted by Gasteiger charge is 2.35. The van der Waals surface area contributed by atoms with E-state index in [1.54, 1.807) is 22.8 Å². The van der Waals surface area contributed by atoms with Crippen LogP contribution in [0.15, 0.2) is 24.4 Å². The zero-order valence-electron chi connectivity index (χ0n) is 12.9. The van der Waals surface area contributed by atoms with Crippen molar-refractivity contribution >= 4 is 23.2 Å². The Bertz CT molecular complexity index is 881. The summed E-state index contributed by atoms with van der Waals surface area (Å²) in [7, 11) is 0. The molecule has 3 heterocycles. The number of hydrogen-bond donors (Lipinski definition) is 3. The lowest BCUT2D eigenvalue weighted by atomic mass is 10.2. The first kappa shape index (κ1) is 13.7. The summed E-state index contributed by atoms with van der Waals surface area (Å²) in [5.41, 5.74) is 2.45. The molecule has 2 unspecified atom stereocenters. The molecule has 0 saturated heterocycles. The second-order valence-electron chi connectivity index (χ2n) is 5.99. The molecule has 2 amide bonds. The number of carbonyl (C=O) groups is 1. The van der Waals surface area contributed by atoms with Crippen molar-refractivity contribution in [2.24, 2.45) is 5.92 Å². The first-order valence-corrected chi connectivity index (χ1v) is 7.55. The van der Waals surface area contributed by atoms with Crippen LogP contribution in [0.3, 0.4) is 0 Å². The van der Waals surface area contributed by atoms with Gasteiger partial charge in [0.1, 0.15) is 5.82 Å². The molecule has 23 heavy (non-hydrogen) atoms. The maximum absolute atomic E-state index is 12.1. The summed E-state index contributed by atoms with van der Waals surface area (Å²) in [6.45, 7) is 4.02. The largest absolute Gasteiger partial charge is 0.324 e. The standard InChI is InChI=1S/C15H17N7O/c1-8-5-11(8)12-6-13(20-19-12)18-15(23)17-10-3-4-14-16-9(2)21-22(14)7-10/h3-4,6-8,11H,5H2,1-2H3,(H3,17,18,19,20,23). The smallest absolute Gasteiger partial charge is 0.306 e. The Labute approximate surface area is 132 Å². The average molecular weight is 311 g/mol. The molecule has 0 radical (unpaired) electrons. The molecule has 0 aliphatic heterocycles. The Balaban J connectivity index is 1.43. The third-order valence-electron chi connectivity index (χ3n) is 4.04. The minimum Gasteiger partial charge on any atom is -0.306 e. The minimum atomic E-state index is -0.344. The molecule has 2 atom stereocenters. The van der Waals surface area contributed by atoms with E-state index in [0.717, 1.165) is 11.3 Å². The number of carbonyl (C=O) groups excluding carboxylic acids is 1. The highest BCUT2D eigenvalue weighted by molar-refractivity contribution is 5.99. The van der Waals surface area contributed by atoms with Gasteiger partial charge in [-0.1, -0.05) is 6.92 Å². The van der Waals surface area contributed by atoms with Gasteiger partial charge in [-0.3, -0.25) is 10.4 Å². The van der Waals surface area contributed by atoms with Gasteiger partial charge in [0, 0.05) is 17.7 Å². The molecule has 3 N–H and O–H groups in total. The zero-order chi connectivity index (χ0) is 16.0. The van der Waals surface area contributed by atoms with Crippen molar-refractivity contribution in [3.8, 4) is 0 Å². The number of fused-ring (bicyclic) bond motifs is 1. The molecule has 3 aromatic rings. The summed E-state index contributed by atoms with van der Waals surface area (Å²) in [4.78, 5) is 16.3. The summed E-state index contributed by atoms with van der Waals surface area (Å²) in [6, 6.07) is 5.13. The fourth-order valence-corrected chi connectivity index (χ4v) is 2.69.